The SMILES string of the molecule is CCCC[N+](C)(C)CC1=C=CC=C1. The summed E-state index contributed by atoms with van der Waals surface area (Å²) in [6.45, 7) is 4.61. The number of hydrogen-bond donors (Lipinski definition) is 0. The Morgan fingerprint density at radius 2 is 2.15 bits per heavy atom. The summed E-state index contributed by atoms with van der Waals surface area (Å²) in [4.78, 5) is 0. The summed E-state index contributed by atoms with van der Waals surface area (Å²) in [5.74, 6) is 0. The van der Waals surface area contributed by atoms with Gasteiger partial charge in [0.1, 0.15) is 6.54 Å². The topological polar surface area (TPSA) is 0 Å². The van der Waals surface area contributed by atoms with E-state index in [-0.39, 0.29) is 0 Å². The van der Waals surface area contributed by atoms with E-state index in [1.807, 2.05) is 6.08 Å². The van der Waals surface area contributed by atoms with E-state index in [4.69, 9.17) is 0 Å². The molecule has 0 aromatic heterocycles. The summed E-state index contributed by atoms with van der Waals surface area (Å²) in [5, 5.41) is 0. The Balaban J connectivity index is 2.41. The second kappa shape index (κ2) is 4.45. The molecule has 0 unspecified atom stereocenters. The fourth-order valence-electron chi connectivity index (χ4n) is 1.59. The molecule has 1 nitrogen and oxygen atoms in total. The molecular formula is C12H20N+. The van der Waals surface area contributed by atoms with Crippen LogP contribution in [0.1, 0.15) is 19.8 Å². The number of nitrogens with zero attached hydrogens (tertiary/aromatic N) is 1. The lowest BCUT2D eigenvalue weighted by Gasteiger charge is -2.29. The maximum Gasteiger partial charge on any atom is 0.111 e. The molecule has 1 heteroatoms. The monoisotopic (exact) mass is 178 g/mol. The summed E-state index contributed by atoms with van der Waals surface area (Å²) in [7, 11) is 4.58. The van der Waals surface area contributed by atoms with Gasteiger partial charge in [0, 0.05) is 5.57 Å². The van der Waals surface area contributed by atoms with Crippen molar-refractivity contribution in [2.75, 3.05) is 27.2 Å². The van der Waals surface area contributed by atoms with Crippen LogP contribution in [0.2, 0.25) is 0 Å². The zero-order valence-electron chi connectivity index (χ0n) is 9.01. The van der Waals surface area contributed by atoms with E-state index in [1.54, 1.807) is 0 Å². The van der Waals surface area contributed by atoms with Crippen LogP contribution < -0.4 is 0 Å². The molecule has 0 aromatic carbocycles. The maximum atomic E-state index is 3.25. The van der Waals surface area contributed by atoms with E-state index in [1.165, 1.54) is 25.0 Å². The lowest BCUT2D eigenvalue weighted by molar-refractivity contribution is -0.885. The van der Waals surface area contributed by atoms with Gasteiger partial charge < -0.3 is 4.48 Å². The van der Waals surface area contributed by atoms with Crippen molar-refractivity contribution in [3.63, 3.8) is 0 Å². The van der Waals surface area contributed by atoms with Crippen molar-refractivity contribution < 1.29 is 4.48 Å². The third-order valence-corrected chi connectivity index (χ3v) is 2.38. The largest absolute Gasteiger partial charge is 0.324 e. The van der Waals surface area contributed by atoms with Crippen LogP contribution in [0.3, 0.4) is 0 Å². The lowest BCUT2D eigenvalue weighted by atomic mass is 10.2. The van der Waals surface area contributed by atoms with Crippen LogP contribution in [0, 0.1) is 0 Å². The highest BCUT2D eigenvalue weighted by molar-refractivity contribution is 5.29. The van der Waals surface area contributed by atoms with E-state index in [0.29, 0.717) is 0 Å². The second-order valence-corrected chi connectivity index (χ2v) is 4.37. The van der Waals surface area contributed by atoms with Gasteiger partial charge in [-0.15, -0.1) is 5.73 Å². The number of hydrogen-bond acceptors (Lipinski definition) is 0. The highest BCUT2D eigenvalue weighted by atomic mass is 15.3. The van der Waals surface area contributed by atoms with E-state index >= 15 is 0 Å². The Morgan fingerprint density at radius 3 is 2.69 bits per heavy atom. The van der Waals surface area contributed by atoms with Crippen LogP contribution in [-0.2, 0) is 0 Å². The smallest absolute Gasteiger partial charge is 0.111 e. The zero-order chi connectivity index (χ0) is 9.73. The van der Waals surface area contributed by atoms with Crippen molar-refractivity contribution in [2.24, 2.45) is 0 Å². The first-order valence-corrected chi connectivity index (χ1v) is 5.08. The van der Waals surface area contributed by atoms with Gasteiger partial charge >= 0.3 is 0 Å². The summed E-state index contributed by atoms with van der Waals surface area (Å²) >= 11 is 0. The van der Waals surface area contributed by atoms with Crippen LogP contribution in [0.5, 0.6) is 0 Å². The molecule has 0 aliphatic heterocycles. The molecule has 1 aliphatic carbocycles. The molecule has 0 heterocycles. The molecule has 0 saturated heterocycles. The first-order valence-electron chi connectivity index (χ1n) is 5.08. The molecule has 72 valence electrons. The second-order valence-electron chi connectivity index (χ2n) is 4.37. The van der Waals surface area contributed by atoms with Crippen molar-refractivity contribution in [3.05, 3.63) is 29.5 Å². The van der Waals surface area contributed by atoms with Gasteiger partial charge in [0.15, 0.2) is 0 Å². The number of rotatable bonds is 5. The van der Waals surface area contributed by atoms with Crippen LogP contribution >= 0.6 is 0 Å². The quantitative estimate of drug-likeness (QED) is 0.448. The summed E-state index contributed by atoms with van der Waals surface area (Å²) in [5.41, 5.74) is 4.59. The predicted octanol–water partition coefficient (Wildman–Crippen LogP) is 2.51. The van der Waals surface area contributed by atoms with E-state index in [2.05, 4.69) is 38.9 Å². The molecule has 1 rings (SSSR count). The van der Waals surface area contributed by atoms with Crippen LogP contribution in [0.4, 0.5) is 0 Å². The van der Waals surface area contributed by atoms with Crippen molar-refractivity contribution >= 4 is 0 Å². The zero-order valence-corrected chi connectivity index (χ0v) is 9.01. The molecule has 0 radical (unpaired) electrons. The minimum atomic E-state index is 1.08. The van der Waals surface area contributed by atoms with Crippen LogP contribution in [0.25, 0.3) is 0 Å². The average molecular weight is 178 g/mol. The Bertz CT molecular complexity index is 252. The molecule has 0 saturated carbocycles. The van der Waals surface area contributed by atoms with Crippen molar-refractivity contribution in [1.82, 2.24) is 0 Å². The summed E-state index contributed by atoms with van der Waals surface area (Å²) < 4.78 is 1.08. The lowest BCUT2D eigenvalue weighted by Crippen LogP contribution is -2.41. The highest BCUT2D eigenvalue weighted by Crippen LogP contribution is 2.10. The molecule has 13 heavy (non-hydrogen) atoms. The number of likely N-dealkylation sites (N-methyl/N-ethyl adjacent to an activating group) is 1. The molecule has 0 spiro atoms. The molecular weight excluding hydrogens is 158 g/mol. The van der Waals surface area contributed by atoms with Gasteiger partial charge in [0.05, 0.1) is 20.6 Å². The first-order chi connectivity index (χ1) is 6.14. The van der Waals surface area contributed by atoms with Gasteiger partial charge in [-0.1, -0.05) is 19.4 Å². The Kier molecular flexibility index (Phi) is 3.53. The third kappa shape index (κ3) is 3.63. The minimum absolute atomic E-state index is 1.08. The van der Waals surface area contributed by atoms with Gasteiger partial charge in [-0.05, 0) is 18.6 Å². The number of unbranched alkanes of at least 4 members (excludes halogenated alkanes) is 1. The molecule has 0 fully saturated rings. The summed E-state index contributed by atoms with van der Waals surface area (Å²) in [6, 6.07) is 0. The molecule has 0 atom stereocenters. The minimum Gasteiger partial charge on any atom is -0.324 e. The number of quaternary nitrogens is 1. The van der Waals surface area contributed by atoms with Crippen molar-refractivity contribution in [3.8, 4) is 0 Å². The maximum absolute atomic E-state index is 3.25. The van der Waals surface area contributed by atoms with Gasteiger partial charge in [-0.25, -0.2) is 0 Å². The van der Waals surface area contributed by atoms with E-state index in [9.17, 15) is 0 Å². The van der Waals surface area contributed by atoms with E-state index in [0.717, 1.165) is 11.0 Å². The number of allylic oxidation sites excluding steroid dienone is 1. The van der Waals surface area contributed by atoms with Gasteiger partial charge in [0.2, 0.25) is 0 Å². The molecule has 1 aliphatic rings. The Morgan fingerprint density at radius 1 is 1.38 bits per heavy atom. The van der Waals surface area contributed by atoms with Gasteiger partial charge in [0.25, 0.3) is 0 Å². The van der Waals surface area contributed by atoms with E-state index < -0.39 is 0 Å². The normalized spacial score (nSPS) is 15.2. The van der Waals surface area contributed by atoms with Gasteiger partial charge in [-0.3, -0.25) is 0 Å². The Hall–Kier alpha value is -0.780. The summed E-state index contributed by atoms with van der Waals surface area (Å²) in [6.07, 6.45) is 8.82. The molecule has 0 N–H and O–H groups in total. The Labute approximate surface area is 81.6 Å². The van der Waals surface area contributed by atoms with Gasteiger partial charge in [-0.2, -0.15) is 0 Å². The van der Waals surface area contributed by atoms with Crippen LogP contribution in [0.15, 0.2) is 29.5 Å². The standard InChI is InChI=1S/C12H20N/c1-4-5-10-13(2,3)11-12-8-6-7-9-12/h6-8H,4-5,10-11H2,1-3H3/q+1. The average Bonchev–Trinajstić information content (AvgIpc) is 2.52. The van der Waals surface area contributed by atoms with Crippen molar-refractivity contribution in [1.29, 1.82) is 0 Å². The fraction of sp³-hybridized carbons (Fsp3) is 0.583. The fourth-order valence-corrected chi connectivity index (χ4v) is 1.59. The molecule has 0 aromatic rings. The first kappa shape index (κ1) is 10.3. The highest BCUT2D eigenvalue weighted by Gasteiger charge is 2.15. The van der Waals surface area contributed by atoms with Crippen molar-refractivity contribution in [2.45, 2.75) is 19.8 Å². The molecule has 0 amide bonds. The molecule has 0 bridgehead atoms. The van der Waals surface area contributed by atoms with Crippen LogP contribution in [-0.4, -0.2) is 31.7 Å². The third-order valence-electron chi connectivity index (χ3n) is 2.38. The predicted molar refractivity (Wildman–Crippen MR) is 57.5 cm³/mol.